The fourth-order valence-corrected chi connectivity index (χ4v) is 5.09. The summed E-state index contributed by atoms with van der Waals surface area (Å²) in [5.41, 5.74) is 1.29. The summed E-state index contributed by atoms with van der Waals surface area (Å²) in [5, 5.41) is 3.05. The third kappa shape index (κ3) is 4.80. The summed E-state index contributed by atoms with van der Waals surface area (Å²) in [6.45, 7) is 0.0901. The Hall–Kier alpha value is -3.54. The van der Waals surface area contributed by atoms with Crippen LogP contribution >= 0.6 is 11.3 Å². The molecule has 1 N–H and O–H groups in total. The summed E-state index contributed by atoms with van der Waals surface area (Å²) < 4.78 is 37.3. The number of anilines is 1. The molecule has 0 saturated carbocycles. The highest BCUT2D eigenvalue weighted by Gasteiger charge is 2.22. The normalized spacial score (nSPS) is 11.6. The number of fused-ring (bicyclic) bond motifs is 1. The molecule has 11 heteroatoms. The largest absolute Gasteiger partial charge is 0.468 e. The first-order chi connectivity index (χ1) is 15.8. The van der Waals surface area contributed by atoms with Gasteiger partial charge in [-0.2, -0.15) is 4.31 Å². The number of sulfonamides is 1. The van der Waals surface area contributed by atoms with Gasteiger partial charge in [-0.3, -0.25) is 10.1 Å². The van der Waals surface area contributed by atoms with Crippen molar-refractivity contribution >= 4 is 48.6 Å². The Labute approximate surface area is 193 Å². The van der Waals surface area contributed by atoms with Gasteiger partial charge in [0.2, 0.25) is 10.0 Å². The number of carbonyl (C=O) groups is 2. The Bertz CT molecular complexity index is 1410. The maximum atomic E-state index is 12.8. The first-order valence-electron chi connectivity index (χ1n) is 9.67. The monoisotopic (exact) mass is 485 g/mol. The van der Waals surface area contributed by atoms with Crippen LogP contribution in [0.25, 0.3) is 10.2 Å². The molecule has 0 aliphatic carbocycles. The van der Waals surface area contributed by atoms with E-state index in [1.54, 1.807) is 30.3 Å². The molecule has 2 aromatic heterocycles. The number of amides is 1. The summed E-state index contributed by atoms with van der Waals surface area (Å²) in [7, 11) is -0.994. The molecule has 1 amide bonds. The van der Waals surface area contributed by atoms with E-state index in [4.69, 9.17) is 9.15 Å². The molecular weight excluding hydrogens is 466 g/mol. The van der Waals surface area contributed by atoms with Crippen molar-refractivity contribution < 1.29 is 27.2 Å². The van der Waals surface area contributed by atoms with Gasteiger partial charge in [0.15, 0.2) is 5.13 Å². The van der Waals surface area contributed by atoms with Gasteiger partial charge in [0.25, 0.3) is 5.91 Å². The summed E-state index contributed by atoms with van der Waals surface area (Å²) in [6.07, 6.45) is 1.48. The number of hydrogen-bond acceptors (Lipinski definition) is 8. The molecule has 0 unspecified atom stereocenters. The summed E-state index contributed by atoms with van der Waals surface area (Å²) in [6, 6.07) is 13.9. The maximum Gasteiger partial charge on any atom is 0.337 e. The number of aromatic nitrogens is 1. The quantitative estimate of drug-likeness (QED) is 0.396. The minimum absolute atomic E-state index is 0.0587. The molecule has 2 aromatic carbocycles. The van der Waals surface area contributed by atoms with E-state index in [0.717, 1.165) is 0 Å². The van der Waals surface area contributed by atoms with Crippen molar-refractivity contribution in [1.82, 2.24) is 9.29 Å². The molecular formula is C22H19N3O6S2. The van der Waals surface area contributed by atoms with E-state index in [0.29, 0.717) is 26.7 Å². The molecule has 33 heavy (non-hydrogen) atoms. The van der Waals surface area contributed by atoms with Crippen molar-refractivity contribution in [3.05, 3.63) is 77.7 Å². The van der Waals surface area contributed by atoms with Crippen molar-refractivity contribution in [1.29, 1.82) is 0 Å². The van der Waals surface area contributed by atoms with Crippen molar-refractivity contribution in [2.45, 2.75) is 11.4 Å². The smallest absolute Gasteiger partial charge is 0.337 e. The van der Waals surface area contributed by atoms with Crippen molar-refractivity contribution in [2.75, 3.05) is 19.5 Å². The van der Waals surface area contributed by atoms with Gasteiger partial charge in [0.1, 0.15) is 5.76 Å². The zero-order chi connectivity index (χ0) is 23.6. The second kappa shape index (κ2) is 9.14. The van der Waals surface area contributed by atoms with E-state index < -0.39 is 21.9 Å². The van der Waals surface area contributed by atoms with Crippen LogP contribution in [0.15, 0.2) is 70.2 Å². The molecule has 4 aromatic rings. The van der Waals surface area contributed by atoms with Crippen LogP contribution < -0.4 is 5.32 Å². The fourth-order valence-electron chi connectivity index (χ4n) is 3.06. The third-order valence-electron chi connectivity index (χ3n) is 4.81. The number of furan rings is 1. The Morgan fingerprint density at radius 1 is 1.12 bits per heavy atom. The number of rotatable bonds is 7. The predicted octanol–water partition coefficient (Wildman–Crippen LogP) is 3.75. The maximum absolute atomic E-state index is 12.8. The average Bonchev–Trinajstić information content (AvgIpc) is 3.47. The minimum atomic E-state index is -3.75. The van der Waals surface area contributed by atoms with E-state index in [-0.39, 0.29) is 17.0 Å². The number of nitrogens with zero attached hydrogens (tertiary/aromatic N) is 2. The fraction of sp³-hybridized carbons (Fsp3) is 0.136. The van der Waals surface area contributed by atoms with Crippen molar-refractivity contribution in [3.8, 4) is 0 Å². The van der Waals surface area contributed by atoms with Crippen LogP contribution in [-0.2, 0) is 21.3 Å². The van der Waals surface area contributed by atoms with Gasteiger partial charge in [-0.1, -0.05) is 11.3 Å². The van der Waals surface area contributed by atoms with Gasteiger partial charge < -0.3 is 9.15 Å². The average molecular weight is 486 g/mol. The molecule has 0 aliphatic rings. The van der Waals surface area contributed by atoms with Gasteiger partial charge in [0.05, 0.1) is 40.6 Å². The zero-order valence-corrected chi connectivity index (χ0v) is 19.3. The van der Waals surface area contributed by atoms with Crippen LogP contribution in [0, 0.1) is 0 Å². The Kier molecular flexibility index (Phi) is 6.27. The van der Waals surface area contributed by atoms with Gasteiger partial charge in [0, 0.05) is 12.6 Å². The molecule has 0 bridgehead atoms. The SMILES string of the molecule is COC(=O)c1ccc2nc(NC(=O)c3ccc(S(=O)(=O)N(C)Cc4ccco4)cc3)sc2c1. The van der Waals surface area contributed by atoms with E-state index in [1.165, 1.54) is 60.3 Å². The second-order valence-corrected chi connectivity index (χ2v) is 10.1. The summed E-state index contributed by atoms with van der Waals surface area (Å²) >= 11 is 1.21. The van der Waals surface area contributed by atoms with Crippen LogP contribution in [0.3, 0.4) is 0 Å². The number of benzene rings is 2. The standard InChI is InChI=1S/C22H19N3O6S2/c1-25(13-16-4-3-11-31-16)33(28,29)17-8-5-14(6-9-17)20(26)24-22-23-18-10-7-15(21(27)30-2)12-19(18)32-22/h3-12H,13H2,1-2H3,(H,23,24,26). The zero-order valence-electron chi connectivity index (χ0n) is 17.6. The summed E-state index contributed by atoms with van der Waals surface area (Å²) in [4.78, 5) is 28.7. The highest BCUT2D eigenvalue weighted by molar-refractivity contribution is 7.89. The number of nitrogens with one attached hydrogen (secondary N) is 1. The molecule has 9 nitrogen and oxygen atoms in total. The number of esters is 1. The highest BCUT2D eigenvalue weighted by atomic mass is 32.2. The number of hydrogen-bond donors (Lipinski definition) is 1. The molecule has 2 heterocycles. The third-order valence-corrected chi connectivity index (χ3v) is 7.56. The number of methoxy groups -OCH3 is 1. The van der Waals surface area contributed by atoms with E-state index in [9.17, 15) is 18.0 Å². The number of ether oxygens (including phenoxy) is 1. The van der Waals surface area contributed by atoms with Crippen molar-refractivity contribution in [2.24, 2.45) is 0 Å². The topological polar surface area (TPSA) is 119 Å². The van der Waals surface area contributed by atoms with Crippen LogP contribution in [-0.4, -0.2) is 43.7 Å². The Balaban J connectivity index is 1.47. The van der Waals surface area contributed by atoms with Gasteiger partial charge in [-0.05, 0) is 54.6 Å². The molecule has 0 atom stereocenters. The van der Waals surface area contributed by atoms with Crippen LogP contribution in [0.2, 0.25) is 0 Å². The van der Waals surface area contributed by atoms with E-state index in [1.807, 2.05) is 0 Å². The van der Waals surface area contributed by atoms with Crippen LogP contribution in [0.1, 0.15) is 26.5 Å². The van der Waals surface area contributed by atoms with Gasteiger partial charge in [-0.15, -0.1) is 0 Å². The highest BCUT2D eigenvalue weighted by Crippen LogP contribution is 2.27. The lowest BCUT2D eigenvalue weighted by molar-refractivity contribution is 0.0600. The lowest BCUT2D eigenvalue weighted by atomic mass is 10.2. The first-order valence-corrected chi connectivity index (χ1v) is 11.9. The Morgan fingerprint density at radius 2 is 1.85 bits per heavy atom. The summed E-state index contributed by atoms with van der Waals surface area (Å²) in [5.74, 6) is -0.373. The predicted molar refractivity (Wildman–Crippen MR) is 123 cm³/mol. The number of thiazole rings is 1. The van der Waals surface area contributed by atoms with Crippen molar-refractivity contribution in [3.63, 3.8) is 0 Å². The lowest BCUT2D eigenvalue weighted by Gasteiger charge is -2.16. The number of carbonyl (C=O) groups excluding carboxylic acids is 2. The minimum Gasteiger partial charge on any atom is -0.468 e. The molecule has 4 rings (SSSR count). The Morgan fingerprint density at radius 3 is 2.52 bits per heavy atom. The molecule has 0 radical (unpaired) electrons. The van der Waals surface area contributed by atoms with E-state index >= 15 is 0 Å². The van der Waals surface area contributed by atoms with Gasteiger partial charge in [-0.25, -0.2) is 18.2 Å². The van der Waals surface area contributed by atoms with Crippen LogP contribution in [0.5, 0.6) is 0 Å². The first kappa shape index (κ1) is 22.6. The second-order valence-electron chi connectivity index (χ2n) is 7.01. The van der Waals surface area contributed by atoms with Crippen LogP contribution in [0.4, 0.5) is 5.13 Å². The lowest BCUT2D eigenvalue weighted by Crippen LogP contribution is -2.26. The van der Waals surface area contributed by atoms with E-state index in [2.05, 4.69) is 10.3 Å². The van der Waals surface area contributed by atoms with Gasteiger partial charge >= 0.3 is 5.97 Å². The molecule has 0 saturated heterocycles. The molecule has 0 fully saturated rings. The molecule has 170 valence electrons. The molecule has 0 aliphatic heterocycles. The molecule has 0 spiro atoms.